The van der Waals surface area contributed by atoms with Crippen LogP contribution in [0.4, 0.5) is 10.1 Å². The lowest BCUT2D eigenvalue weighted by Crippen LogP contribution is -2.34. The molecule has 25 heavy (non-hydrogen) atoms. The van der Waals surface area contributed by atoms with Gasteiger partial charge in [0.05, 0.1) is 7.11 Å². The largest absolute Gasteiger partial charge is 0.497 e. The molecule has 0 unspecified atom stereocenters. The molecule has 5 nitrogen and oxygen atoms in total. The number of nitrogens with one attached hydrogen (secondary N) is 2. The van der Waals surface area contributed by atoms with Gasteiger partial charge in [-0.3, -0.25) is 4.79 Å². The number of carbonyl (C=O) groups is 1. The number of amides is 1. The summed E-state index contributed by atoms with van der Waals surface area (Å²) in [5.41, 5.74) is 0.611. The highest BCUT2D eigenvalue weighted by molar-refractivity contribution is 5.93. The lowest BCUT2D eigenvalue weighted by Gasteiger charge is -2.22. The van der Waals surface area contributed by atoms with Gasteiger partial charge in [-0.05, 0) is 50.2 Å². The number of benzene rings is 2. The van der Waals surface area contributed by atoms with E-state index in [1.54, 1.807) is 37.4 Å². The molecule has 1 amide bonds. The third-order valence-corrected chi connectivity index (χ3v) is 4.14. The number of methoxy groups -OCH3 is 1. The predicted molar refractivity (Wildman–Crippen MR) is 93.7 cm³/mol. The molecule has 0 aromatic heterocycles. The Balaban J connectivity index is 1.74. The second kappa shape index (κ2) is 7.98. The first kappa shape index (κ1) is 17.2. The van der Waals surface area contributed by atoms with Crippen LogP contribution in [0.3, 0.4) is 0 Å². The smallest absolute Gasteiger partial charge is 0.227 e. The van der Waals surface area contributed by atoms with Crippen LogP contribution in [0.1, 0.15) is 12.8 Å². The van der Waals surface area contributed by atoms with Crippen molar-refractivity contribution in [2.75, 3.05) is 25.5 Å². The molecule has 2 aromatic rings. The molecule has 132 valence electrons. The van der Waals surface area contributed by atoms with Crippen LogP contribution >= 0.6 is 0 Å². The molecule has 2 N–H and O–H groups in total. The van der Waals surface area contributed by atoms with Crippen LogP contribution in [0.2, 0.25) is 0 Å². The van der Waals surface area contributed by atoms with Crippen LogP contribution in [-0.4, -0.2) is 26.1 Å². The van der Waals surface area contributed by atoms with Gasteiger partial charge >= 0.3 is 0 Å². The summed E-state index contributed by atoms with van der Waals surface area (Å²) in [5.74, 6) is 1.27. The molecule has 1 aliphatic rings. The maximum absolute atomic E-state index is 13.0. The number of halogens is 1. The van der Waals surface area contributed by atoms with Crippen molar-refractivity contribution < 1.29 is 18.7 Å². The first-order valence-corrected chi connectivity index (χ1v) is 8.28. The third kappa shape index (κ3) is 4.70. The Bertz CT molecular complexity index is 728. The van der Waals surface area contributed by atoms with Gasteiger partial charge in [0.1, 0.15) is 23.1 Å². The molecule has 0 spiro atoms. The highest BCUT2D eigenvalue weighted by Crippen LogP contribution is 2.30. The standard InChI is InChI=1S/C19H21FN2O3/c1-24-17-10-15(22-19(23)13-6-8-21-9-7-13)11-18(12-17)25-16-4-2-14(20)3-5-16/h2-5,10-13,21H,6-9H2,1H3,(H,22,23). The highest BCUT2D eigenvalue weighted by Gasteiger charge is 2.21. The van der Waals surface area contributed by atoms with Gasteiger partial charge in [0.25, 0.3) is 0 Å². The number of ether oxygens (including phenoxy) is 2. The number of anilines is 1. The number of rotatable bonds is 5. The summed E-state index contributed by atoms with van der Waals surface area (Å²) in [4.78, 5) is 12.4. The summed E-state index contributed by atoms with van der Waals surface area (Å²) >= 11 is 0. The molecular formula is C19H21FN2O3. The summed E-state index contributed by atoms with van der Waals surface area (Å²) in [5, 5.41) is 6.18. The minimum absolute atomic E-state index is 0.00230. The second-order valence-corrected chi connectivity index (χ2v) is 5.97. The lowest BCUT2D eigenvalue weighted by molar-refractivity contribution is -0.120. The van der Waals surface area contributed by atoms with Crippen LogP contribution in [0.25, 0.3) is 0 Å². The summed E-state index contributed by atoms with van der Waals surface area (Å²) in [7, 11) is 1.55. The molecule has 1 fully saturated rings. The van der Waals surface area contributed by atoms with Crippen molar-refractivity contribution >= 4 is 11.6 Å². The fraction of sp³-hybridized carbons (Fsp3) is 0.316. The zero-order chi connectivity index (χ0) is 17.6. The topological polar surface area (TPSA) is 59.6 Å². The average molecular weight is 344 g/mol. The summed E-state index contributed by atoms with van der Waals surface area (Å²) in [6.07, 6.45) is 1.66. The van der Waals surface area contributed by atoms with Gasteiger partial charge in [0.2, 0.25) is 5.91 Å². The monoisotopic (exact) mass is 344 g/mol. The van der Waals surface area contributed by atoms with E-state index in [-0.39, 0.29) is 17.6 Å². The van der Waals surface area contributed by atoms with Gasteiger partial charge < -0.3 is 20.1 Å². The average Bonchev–Trinajstić information content (AvgIpc) is 2.64. The zero-order valence-corrected chi connectivity index (χ0v) is 14.0. The molecule has 1 aliphatic heterocycles. The third-order valence-electron chi connectivity index (χ3n) is 4.14. The van der Waals surface area contributed by atoms with Crippen LogP contribution in [-0.2, 0) is 4.79 Å². The quantitative estimate of drug-likeness (QED) is 0.871. The Morgan fingerprint density at radius 3 is 2.44 bits per heavy atom. The van der Waals surface area contributed by atoms with E-state index in [1.807, 2.05) is 0 Å². The molecule has 0 bridgehead atoms. The van der Waals surface area contributed by atoms with Gasteiger partial charge in [0, 0.05) is 29.8 Å². The number of hydrogen-bond acceptors (Lipinski definition) is 4. The summed E-state index contributed by atoms with van der Waals surface area (Å²) < 4.78 is 24.0. The predicted octanol–water partition coefficient (Wildman–Crippen LogP) is 3.56. The van der Waals surface area contributed by atoms with Gasteiger partial charge in [0.15, 0.2) is 0 Å². The Kier molecular flexibility index (Phi) is 5.50. The Hall–Kier alpha value is -2.60. The van der Waals surface area contributed by atoms with Crippen LogP contribution in [0, 0.1) is 11.7 Å². The van der Waals surface area contributed by atoms with E-state index in [1.165, 1.54) is 12.1 Å². The Labute approximate surface area is 146 Å². The summed E-state index contributed by atoms with van der Waals surface area (Å²) in [6, 6.07) is 10.9. The first-order chi connectivity index (χ1) is 12.1. The van der Waals surface area contributed by atoms with Gasteiger partial charge in [-0.1, -0.05) is 0 Å². The van der Waals surface area contributed by atoms with Crippen LogP contribution in [0.5, 0.6) is 17.2 Å². The molecule has 0 aliphatic carbocycles. The van der Waals surface area contributed by atoms with Crippen molar-refractivity contribution in [1.82, 2.24) is 5.32 Å². The molecule has 6 heteroatoms. The minimum atomic E-state index is -0.326. The molecule has 0 radical (unpaired) electrons. The molecule has 2 aromatic carbocycles. The molecule has 1 heterocycles. The lowest BCUT2D eigenvalue weighted by atomic mass is 9.97. The van der Waals surface area contributed by atoms with Crippen LogP contribution in [0.15, 0.2) is 42.5 Å². The van der Waals surface area contributed by atoms with Crippen molar-refractivity contribution in [2.24, 2.45) is 5.92 Å². The summed E-state index contributed by atoms with van der Waals surface area (Å²) in [6.45, 7) is 1.71. The van der Waals surface area contributed by atoms with E-state index >= 15 is 0 Å². The van der Waals surface area contributed by atoms with Gasteiger partial charge in [-0.15, -0.1) is 0 Å². The molecule has 0 atom stereocenters. The SMILES string of the molecule is COc1cc(NC(=O)C2CCNCC2)cc(Oc2ccc(F)cc2)c1. The fourth-order valence-corrected chi connectivity index (χ4v) is 2.79. The minimum Gasteiger partial charge on any atom is -0.497 e. The normalized spacial score (nSPS) is 14.8. The maximum Gasteiger partial charge on any atom is 0.227 e. The number of carbonyl (C=O) groups excluding carboxylic acids is 1. The van der Waals surface area contributed by atoms with Gasteiger partial charge in [-0.2, -0.15) is 0 Å². The van der Waals surface area contributed by atoms with Crippen LogP contribution < -0.4 is 20.1 Å². The van der Waals surface area contributed by atoms with Crippen molar-refractivity contribution in [3.63, 3.8) is 0 Å². The maximum atomic E-state index is 13.0. The molecule has 0 saturated carbocycles. The second-order valence-electron chi connectivity index (χ2n) is 5.97. The molecule has 1 saturated heterocycles. The molecular weight excluding hydrogens is 323 g/mol. The molecule has 3 rings (SSSR count). The first-order valence-electron chi connectivity index (χ1n) is 8.28. The fourth-order valence-electron chi connectivity index (χ4n) is 2.79. The highest BCUT2D eigenvalue weighted by atomic mass is 19.1. The van der Waals surface area contributed by atoms with Crippen molar-refractivity contribution in [2.45, 2.75) is 12.8 Å². The van der Waals surface area contributed by atoms with E-state index in [0.29, 0.717) is 22.9 Å². The van der Waals surface area contributed by atoms with E-state index in [0.717, 1.165) is 25.9 Å². The zero-order valence-electron chi connectivity index (χ0n) is 14.0. The van der Waals surface area contributed by atoms with Crippen molar-refractivity contribution in [3.8, 4) is 17.2 Å². The van der Waals surface area contributed by atoms with E-state index in [4.69, 9.17) is 9.47 Å². The van der Waals surface area contributed by atoms with Crippen molar-refractivity contribution in [3.05, 3.63) is 48.3 Å². The van der Waals surface area contributed by atoms with E-state index in [9.17, 15) is 9.18 Å². The van der Waals surface area contributed by atoms with E-state index < -0.39 is 0 Å². The number of hydrogen-bond donors (Lipinski definition) is 2. The number of piperidine rings is 1. The van der Waals surface area contributed by atoms with E-state index in [2.05, 4.69) is 10.6 Å². The Morgan fingerprint density at radius 1 is 1.08 bits per heavy atom. The van der Waals surface area contributed by atoms with Gasteiger partial charge in [-0.25, -0.2) is 4.39 Å². The Morgan fingerprint density at radius 2 is 1.76 bits per heavy atom. The van der Waals surface area contributed by atoms with Crippen molar-refractivity contribution in [1.29, 1.82) is 0 Å².